The molecule has 0 radical (unpaired) electrons. The number of aromatic hydroxyl groups is 1. The second-order valence-electron chi connectivity index (χ2n) is 5.41. The molecule has 0 fully saturated rings. The smallest absolute Gasteiger partial charge is 0.326 e. The summed E-state index contributed by atoms with van der Waals surface area (Å²) in [4.78, 5) is 24.8. The molecule has 0 aliphatic rings. The molecule has 21 heavy (non-hydrogen) atoms. The van der Waals surface area contributed by atoms with E-state index in [1.165, 1.54) is 16.8 Å². The minimum Gasteiger partial charge on any atom is -0.503 e. The van der Waals surface area contributed by atoms with Gasteiger partial charge in [-0.05, 0) is 13.0 Å². The fraction of sp³-hybridized carbons (Fsp3) is 0.571. The Morgan fingerprint density at radius 2 is 2.05 bits per heavy atom. The molecule has 0 amide bonds. The normalized spacial score (nSPS) is 12.9. The lowest BCUT2D eigenvalue weighted by atomic mass is 10.0. The van der Waals surface area contributed by atoms with Crippen LogP contribution >= 0.6 is 0 Å². The minimum atomic E-state index is -1.03. The third kappa shape index (κ3) is 4.30. The molecular weight excluding hydrogens is 276 g/mol. The minimum absolute atomic E-state index is 0.0364. The first-order valence-electron chi connectivity index (χ1n) is 6.74. The van der Waals surface area contributed by atoms with Crippen molar-refractivity contribution in [2.45, 2.75) is 26.4 Å². The molecule has 1 rings (SSSR count). The molecule has 1 atom stereocenters. The van der Waals surface area contributed by atoms with Crippen molar-refractivity contribution in [3.8, 4) is 5.75 Å². The van der Waals surface area contributed by atoms with Crippen LogP contribution < -0.4 is 5.43 Å². The summed E-state index contributed by atoms with van der Waals surface area (Å²) < 4.78 is 1.41. The van der Waals surface area contributed by atoms with E-state index in [4.69, 9.17) is 5.11 Å². The van der Waals surface area contributed by atoms with Gasteiger partial charge in [0.2, 0.25) is 5.43 Å². The van der Waals surface area contributed by atoms with Gasteiger partial charge in [0.25, 0.3) is 0 Å². The van der Waals surface area contributed by atoms with Gasteiger partial charge < -0.3 is 19.9 Å². The number of likely N-dealkylation sites (N-methyl/N-ethyl adjacent to an activating group) is 1. The summed E-state index contributed by atoms with van der Waals surface area (Å²) in [5, 5.41) is 27.9. The van der Waals surface area contributed by atoms with Crippen molar-refractivity contribution in [1.29, 1.82) is 0 Å². The number of nitrogens with zero attached hydrogens (tertiary/aromatic N) is 2. The number of rotatable bonds is 7. The predicted octanol–water partition coefficient (Wildman–Crippen LogP) is 0.260. The fourth-order valence-corrected chi connectivity index (χ4v) is 2.22. The highest BCUT2D eigenvalue weighted by Gasteiger charge is 2.25. The van der Waals surface area contributed by atoms with Gasteiger partial charge in [-0.15, -0.1) is 0 Å². The number of aliphatic hydroxyl groups is 1. The zero-order valence-corrected chi connectivity index (χ0v) is 12.5. The molecular formula is C14H22N2O5. The summed E-state index contributed by atoms with van der Waals surface area (Å²) in [5.41, 5.74) is -0.0682. The summed E-state index contributed by atoms with van der Waals surface area (Å²) in [7, 11) is 1.75. The van der Waals surface area contributed by atoms with Gasteiger partial charge >= 0.3 is 5.97 Å². The van der Waals surface area contributed by atoms with Crippen molar-refractivity contribution in [3.05, 3.63) is 28.2 Å². The Hall–Kier alpha value is -1.86. The van der Waals surface area contributed by atoms with E-state index in [0.29, 0.717) is 18.8 Å². The Morgan fingerprint density at radius 1 is 1.43 bits per heavy atom. The summed E-state index contributed by atoms with van der Waals surface area (Å²) >= 11 is 0. The molecule has 118 valence electrons. The Bertz CT molecular complexity index is 553. The first-order valence-corrected chi connectivity index (χ1v) is 6.74. The summed E-state index contributed by atoms with van der Waals surface area (Å²) in [6.45, 7) is 4.18. The van der Waals surface area contributed by atoms with Crippen molar-refractivity contribution in [2.24, 2.45) is 5.92 Å². The Kier molecular flexibility index (Phi) is 5.92. The molecule has 0 bridgehead atoms. The Morgan fingerprint density at radius 3 is 2.52 bits per heavy atom. The van der Waals surface area contributed by atoms with Gasteiger partial charge in [-0.2, -0.15) is 0 Å². The number of aromatic nitrogens is 1. The molecule has 0 aliphatic heterocycles. The predicted molar refractivity (Wildman–Crippen MR) is 77.3 cm³/mol. The lowest BCUT2D eigenvalue weighted by Gasteiger charge is -2.26. The standard InChI is InChI=1S/C14H22N2O5/c1-9(2)13(14(20)21)16-8-12(19)11(18)6-10(16)7-15(3)4-5-17/h6,8-9,13,17,19H,4-5,7H2,1-3H3,(H,20,21). The molecule has 1 aromatic rings. The van der Waals surface area contributed by atoms with Crippen LogP contribution in [0, 0.1) is 5.92 Å². The third-order valence-electron chi connectivity index (χ3n) is 3.24. The molecule has 0 spiro atoms. The van der Waals surface area contributed by atoms with Crippen LogP contribution in [0.5, 0.6) is 5.75 Å². The maximum absolute atomic E-state index is 11.6. The summed E-state index contributed by atoms with van der Waals surface area (Å²) in [6, 6.07) is 0.357. The van der Waals surface area contributed by atoms with E-state index < -0.39 is 23.2 Å². The Labute approximate surface area is 123 Å². The lowest BCUT2D eigenvalue weighted by molar-refractivity contribution is -0.142. The second-order valence-corrected chi connectivity index (χ2v) is 5.41. The zero-order valence-electron chi connectivity index (χ0n) is 12.5. The van der Waals surface area contributed by atoms with E-state index in [1.807, 2.05) is 0 Å². The molecule has 0 aliphatic carbocycles. The molecule has 1 aromatic heterocycles. The molecule has 1 unspecified atom stereocenters. The van der Waals surface area contributed by atoms with Gasteiger partial charge in [0.05, 0.1) is 12.8 Å². The zero-order chi connectivity index (χ0) is 16.2. The van der Waals surface area contributed by atoms with Gasteiger partial charge in [0.15, 0.2) is 5.75 Å². The van der Waals surface area contributed by atoms with Gasteiger partial charge in [-0.1, -0.05) is 13.8 Å². The molecule has 3 N–H and O–H groups in total. The highest BCUT2D eigenvalue weighted by Crippen LogP contribution is 2.22. The fourth-order valence-electron chi connectivity index (χ4n) is 2.22. The number of hydrogen-bond acceptors (Lipinski definition) is 5. The summed E-state index contributed by atoms with van der Waals surface area (Å²) in [5.74, 6) is -1.72. The molecule has 7 nitrogen and oxygen atoms in total. The second kappa shape index (κ2) is 7.24. The number of pyridine rings is 1. The first-order chi connectivity index (χ1) is 9.77. The monoisotopic (exact) mass is 298 g/mol. The number of carboxylic acid groups (broad SMARTS) is 1. The summed E-state index contributed by atoms with van der Waals surface area (Å²) in [6.07, 6.45) is 1.17. The maximum Gasteiger partial charge on any atom is 0.326 e. The van der Waals surface area contributed by atoms with Crippen molar-refractivity contribution in [1.82, 2.24) is 9.47 Å². The van der Waals surface area contributed by atoms with Gasteiger partial charge in [-0.3, -0.25) is 9.69 Å². The molecule has 0 aromatic carbocycles. The van der Waals surface area contributed by atoms with Gasteiger partial charge in [-0.25, -0.2) is 4.79 Å². The van der Waals surface area contributed by atoms with Crippen LogP contribution in [-0.2, 0) is 11.3 Å². The largest absolute Gasteiger partial charge is 0.503 e. The first kappa shape index (κ1) is 17.2. The van der Waals surface area contributed by atoms with Crippen molar-refractivity contribution >= 4 is 5.97 Å². The molecule has 0 saturated carbocycles. The van der Waals surface area contributed by atoms with Gasteiger partial charge in [0.1, 0.15) is 6.04 Å². The van der Waals surface area contributed by atoms with E-state index in [-0.39, 0.29) is 12.5 Å². The van der Waals surface area contributed by atoms with E-state index in [9.17, 15) is 19.8 Å². The molecule has 0 saturated heterocycles. The van der Waals surface area contributed by atoms with Gasteiger partial charge in [0, 0.05) is 24.8 Å². The van der Waals surface area contributed by atoms with Crippen LogP contribution in [0.1, 0.15) is 25.6 Å². The average molecular weight is 298 g/mol. The SMILES string of the molecule is CC(C)C(C(=O)O)n1cc(O)c(=O)cc1CN(C)CCO. The quantitative estimate of drug-likeness (QED) is 0.667. The van der Waals surface area contributed by atoms with Crippen LogP contribution in [0.25, 0.3) is 0 Å². The van der Waals surface area contributed by atoms with Crippen LogP contribution in [0.2, 0.25) is 0 Å². The van der Waals surface area contributed by atoms with Crippen LogP contribution in [0.4, 0.5) is 0 Å². The average Bonchev–Trinajstić information content (AvgIpc) is 2.34. The van der Waals surface area contributed by atoms with E-state index in [1.54, 1.807) is 25.8 Å². The topological polar surface area (TPSA) is 103 Å². The Balaban J connectivity index is 3.31. The van der Waals surface area contributed by atoms with E-state index in [0.717, 1.165) is 0 Å². The number of aliphatic carboxylic acids is 1. The number of hydrogen-bond donors (Lipinski definition) is 3. The van der Waals surface area contributed by atoms with Crippen molar-refractivity contribution in [3.63, 3.8) is 0 Å². The van der Waals surface area contributed by atoms with Crippen LogP contribution in [0.15, 0.2) is 17.1 Å². The number of carboxylic acids is 1. The van der Waals surface area contributed by atoms with Crippen molar-refractivity contribution in [2.75, 3.05) is 20.2 Å². The maximum atomic E-state index is 11.6. The number of carbonyl (C=O) groups is 1. The lowest BCUT2D eigenvalue weighted by Crippen LogP contribution is -2.31. The van der Waals surface area contributed by atoms with E-state index in [2.05, 4.69) is 0 Å². The highest BCUT2D eigenvalue weighted by atomic mass is 16.4. The van der Waals surface area contributed by atoms with Crippen molar-refractivity contribution < 1.29 is 20.1 Å². The molecule has 1 heterocycles. The number of aliphatic hydroxyl groups excluding tert-OH is 1. The van der Waals surface area contributed by atoms with E-state index >= 15 is 0 Å². The van der Waals surface area contributed by atoms with Crippen LogP contribution in [-0.4, -0.2) is 51.0 Å². The molecule has 7 heteroatoms. The third-order valence-corrected chi connectivity index (χ3v) is 3.24. The highest BCUT2D eigenvalue weighted by molar-refractivity contribution is 5.72. The van der Waals surface area contributed by atoms with Crippen LogP contribution in [0.3, 0.4) is 0 Å².